The molecule has 1 aliphatic rings. The summed E-state index contributed by atoms with van der Waals surface area (Å²) >= 11 is 0. The van der Waals surface area contributed by atoms with E-state index in [0.717, 1.165) is 11.1 Å². The summed E-state index contributed by atoms with van der Waals surface area (Å²) in [6.45, 7) is 3.65. The summed E-state index contributed by atoms with van der Waals surface area (Å²) in [5.74, 6) is 1.15. The number of carbonyl (C=O) groups is 2. The quantitative estimate of drug-likeness (QED) is 0.671. The zero-order valence-electron chi connectivity index (χ0n) is 18.2. The van der Waals surface area contributed by atoms with Crippen LogP contribution in [0.1, 0.15) is 23.1 Å². The number of ether oxygens (including phenoxy) is 2. The third-order valence-corrected chi connectivity index (χ3v) is 5.62. The first-order chi connectivity index (χ1) is 14.4. The van der Waals surface area contributed by atoms with Crippen LogP contribution in [0, 0.1) is 12.8 Å². The fraction of sp³-hybridized carbons (Fsp3) is 0.417. The van der Waals surface area contributed by atoms with E-state index in [1.165, 1.54) is 5.56 Å². The van der Waals surface area contributed by atoms with Crippen molar-refractivity contribution in [3.05, 3.63) is 59.2 Å². The van der Waals surface area contributed by atoms with Crippen molar-refractivity contribution in [3.8, 4) is 11.5 Å². The molecule has 0 N–H and O–H groups in total. The van der Waals surface area contributed by atoms with Gasteiger partial charge < -0.3 is 19.3 Å². The van der Waals surface area contributed by atoms with Gasteiger partial charge in [0, 0.05) is 33.1 Å². The summed E-state index contributed by atoms with van der Waals surface area (Å²) in [5, 5.41) is 0. The van der Waals surface area contributed by atoms with Gasteiger partial charge in [-0.15, -0.1) is 0 Å². The van der Waals surface area contributed by atoms with Crippen LogP contribution in [0.25, 0.3) is 0 Å². The Labute approximate surface area is 178 Å². The molecule has 1 heterocycles. The van der Waals surface area contributed by atoms with Gasteiger partial charge in [0.1, 0.15) is 0 Å². The zero-order valence-corrected chi connectivity index (χ0v) is 18.2. The van der Waals surface area contributed by atoms with Crippen molar-refractivity contribution in [1.82, 2.24) is 9.80 Å². The Kier molecular flexibility index (Phi) is 6.98. The fourth-order valence-electron chi connectivity index (χ4n) is 3.76. The maximum atomic E-state index is 12.9. The van der Waals surface area contributed by atoms with E-state index < -0.39 is 0 Å². The van der Waals surface area contributed by atoms with E-state index in [-0.39, 0.29) is 24.2 Å². The number of likely N-dealkylation sites (N-methyl/N-ethyl adjacent to an activating group) is 1. The van der Waals surface area contributed by atoms with Crippen LogP contribution < -0.4 is 9.47 Å². The van der Waals surface area contributed by atoms with E-state index in [4.69, 9.17) is 9.47 Å². The van der Waals surface area contributed by atoms with Gasteiger partial charge in [-0.3, -0.25) is 9.59 Å². The Morgan fingerprint density at radius 2 is 1.73 bits per heavy atom. The molecule has 2 amide bonds. The minimum Gasteiger partial charge on any atom is -0.493 e. The molecular formula is C24H30N2O4. The molecule has 6 nitrogen and oxygen atoms in total. The van der Waals surface area contributed by atoms with Crippen molar-refractivity contribution in [2.24, 2.45) is 5.92 Å². The molecular weight excluding hydrogens is 380 g/mol. The standard InChI is InChI=1S/C24H30N2O4/c1-17-5-7-19(8-6-17)15-26-16-20(14-23(26)27)24(28)25(2)12-11-18-9-10-21(29-3)22(13-18)30-4/h5-10,13,20H,11-12,14-16H2,1-4H3/t20-/m1/s1. The Hall–Kier alpha value is -3.02. The van der Waals surface area contributed by atoms with Crippen LogP contribution in [0.15, 0.2) is 42.5 Å². The molecule has 160 valence electrons. The van der Waals surface area contributed by atoms with Crippen LogP contribution in [0.5, 0.6) is 11.5 Å². The second-order valence-corrected chi connectivity index (χ2v) is 7.86. The summed E-state index contributed by atoms with van der Waals surface area (Å²) in [4.78, 5) is 28.8. The van der Waals surface area contributed by atoms with Crippen LogP contribution in [-0.2, 0) is 22.6 Å². The van der Waals surface area contributed by atoms with E-state index in [1.807, 2.05) is 49.4 Å². The molecule has 1 aliphatic heterocycles. The van der Waals surface area contributed by atoms with Crippen molar-refractivity contribution in [2.45, 2.75) is 26.3 Å². The number of likely N-dealkylation sites (tertiary alicyclic amines) is 1. The van der Waals surface area contributed by atoms with E-state index >= 15 is 0 Å². The van der Waals surface area contributed by atoms with Gasteiger partial charge in [0.25, 0.3) is 0 Å². The number of aryl methyl sites for hydroxylation is 1. The smallest absolute Gasteiger partial charge is 0.227 e. The van der Waals surface area contributed by atoms with Crippen LogP contribution in [-0.4, -0.2) is 56.0 Å². The van der Waals surface area contributed by atoms with Crippen molar-refractivity contribution in [2.75, 3.05) is 34.4 Å². The topological polar surface area (TPSA) is 59.1 Å². The van der Waals surface area contributed by atoms with E-state index in [0.29, 0.717) is 37.6 Å². The normalized spacial score (nSPS) is 15.9. The Morgan fingerprint density at radius 3 is 2.40 bits per heavy atom. The minimum absolute atomic E-state index is 0.0234. The van der Waals surface area contributed by atoms with Gasteiger partial charge in [0.05, 0.1) is 20.1 Å². The summed E-state index contributed by atoms with van der Waals surface area (Å²) in [6, 6.07) is 13.9. The largest absolute Gasteiger partial charge is 0.493 e. The summed E-state index contributed by atoms with van der Waals surface area (Å²) < 4.78 is 10.6. The van der Waals surface area contributed by atoms with Gasteiger partial charge in [-0.1, -0.05) is 35.9 Å². The molecule has 0 aromatic heterocycles. The van der Waals surface area contributed by atoms with Crippen molar-refractivity contribution < 1.29 is 19.1 Å². The lowest BCUT2D eigenvalue weighted by molar-refractivity contribution is -0.134. The molecule has 2 aromatic rings. The lowest BCUT2D eigenvalue weighted by Crippen LogP contribution is -2.35. The van der Waals surface area contributed by atoms with E-state index in [1.54, 1.807) is 31.1 Å². The molecule has 30 heavy (non-hydrogen) atoms. The number of rotatable bonds is 8. The number of benzene rings is 2. The molecule has 0 radical (unpaired) electrons. The van der Waals surface area contributed by atoms with Gasteiger partial charge in [0.15, 0.2) is 11.5 Å². The maximum Gasteiger partial charge on any atom is 0.227 e. The van der Waals surface area contributed by atoms with Gasteiger partial charge in [-0.2, -0.15) is 0 Å². The number of hydrogen-bond acceptors (Lipinski definition) is 4. The van der Waals surface area contributed by atoms with Gasteiger partial charge >= 0.3 is 0 Å². The minimum atomic E-state index is -0.279. The van der Waals surface area contributed by atoms with Crippen molar-refractivity contribution in [3.63, 3.8) is 0 Å². The number of amides is 2. The Morgan fingerprint density at radius 1 is 1.07 bits per heavy atom. The highest BCUT2D eigenvalue weighted by molar-refractivity contribution is 5.89. The van der Waals surface area contributed by atoms with Crippen LogP contribution in [0.3, 0.4) is 0 Å². The predicted octanol–water partition coefficient (Wildman–Crippen LogP) is 3.06. The molecule has 0 spiro atoms. The average molecular weight is 411 g/mol. The fourth-order valence-corrected chi connectivity index (χ4v) is 3.76. The lowest BCUT2D eigenvalue weighted by Gasteiger charge is -2.22. The Balaban J connectivity index is 1.54. The molecule has 1 atom stereocenters. The third kappa shape index (κ3) is 5.12. The predicted molar refractivity (Wildman–Crippen MR) is 116 cm³/mol. The van der Waals surface area contributed by atoms with E-state index in [2.05, 4.69) is 0 Å². The SMILES string of the molecule is COc1ccc(CCN(C)C(=O)[C@@H]2CC(=O)N(Cc3ccc(C)cc3)C2)cc1OC. The highest BCUT2D eigenvalue weighted by Crippen LogP contribution is 2.28. The van der Waals surface area contributed by atoms with Gasteiger partial charge in [0.2, 0.25) is 11.8 Å². The molecule has 6 heteroatoms. The summed E-state index contributed by atoms with van der Waals surface area (Å²) in [7, 11) is 5.02. The zero-order chi connectivity index (χ0) is 21.7. The molecule has 3 rings (SSSR count). The summed E-state index contributed by atoms with van der Waals surface area (Å²) in [6.07, 6.45) is 0.988. The molecule has 1 fully saturated rings. The number of nitrogens with zero attached hydrogens (tertiary/aromatic N) is 2. The second-order valence-electron chi connectivity index (χ2n) is 7.86. The molecule has 2 aromatic carbocycles. The average Bonchev–Trinajstić information content (AvgIpc) is 3.12. The van der Waals surface area contributed by atoms with Crippen LogP contribution >= 0.6 is 0 Å². The molecule has 1 saturated heterocycles. The monoisotopic (exact) mass is 410 g/mol. The van der Waals surface area contributed by atoms with Crippen molar-refractivity contribution in [1.29, 1.82) is 0 Å². The highest BCUT2D eigenvalue weighted by Gasteiger charge is 2.35. The highest BCUT2D eigenvalue weighted by atomic mass is 16.5. The number of methoxy groups -OCH3 is 2. The van der Waals surface area contributed by atoms with Crippen molar-refractivity contribution >= 4 is 11.8 Å². The molecule has 0 bridgehead atoms. The molecule has 0 saturated carbocycles. The first-order valence-corrected chi connectivity index (χ1v) is 10.2. The second kappa shape index (κ2) is 9.65. The maximum absolute atomic E-state index is 12.9. The number of hydrogen-bond donors (Lipinski definition) is 0. The first kappa shape index (κ1) is 21.7. The third-order valence-electron chi connectivity index (χ3n) is 5.62. The summed E-state index contributed by atoms with van der Waals surface area (Å²) in [5.41, 5.74) is 3.34. The number of carbonyl (C=O) groups excluding carboxylic acids is 2. The molecule has 0 unspecified atom stereocenters. The van der Waals surface area contributed by atoms with E-state index in [9.17, 15) is 9.59 Å². The Bertz CT molecular complexity index is 895. The van der Waals surface area contributed by atoms with Crippen LogP contribution in [0.4, 0.5) is 0 Å². The lowest BCUT2D eigenvalue weighted by atomic mass is 10.1. The van der Waals surface area contributed by atoms with Crippen LogP contribution in [0.2, 0.25) is 0 Å². The molecule has 0 aliphatic carbocycles. The van der Waals surface area contributed by atoms with Gasteiger partial charge in [-0.05, 0) is 36.6 Å². The first-order valence-electron chi connectivity index (χ1n) is 10.2. The van der Waals surface area contributed by atoms with Gasteiger partial charge in [-0.25, -0.2) is 0 Å².